The first-order valence-corrected chi connectivity index (χ1v) is 8.96. The SMILES string of the molecule is CC(C)(C)c1nnc(-c2ccc(-c3ccccc3)cc2)c2ccccc12. The third kappa shape index (κ3) is 2.99. The molecule has 0 fully saturated rings. The van der Waals surface area contributed by atoms with Crippen LogP contribution in [-0.2, 0) is 5.41 Å². The maximum atomic E-state index is 4.60. The lowest BCUT2D eigenvalue weighted by Gasteiger charge is -2.20. The van der Waals surface area contributed by atoms with Gasteiger partial charge in [-0.1, -0.05) is 99.6 Å². The van der Waals surface area contributed by atoms with Gasteiger partial charge in [0.15, 0.2) is 0 Å². The summed E-state index contributed by atoms with van der Waals surface area (Å²) in [7, 11) is 0. The monoisotopic (exact) mass is 338 g/mol. The van der Waals surface area contributed by atoms with Crippen LogP contribution in [0.4, 0.5) is 0 Å². The van der Waals surface area contributed by atoms with Crippen molar-refractivity contribution in [3.63, 3.8) is 0 Å². The zero-order valence-electron chi connectivity index (χ0n) is 15.4. The second-order valence-electron chi connectivity index (χ2n) is 7.64. The van der Waals surface area contributed by atoms with Crippen LogP contribution in [-0.4, -0.2) is 10.2 Å². The van der Waals surface area contributed by atoms with Crippen LogP contribution in [0, 0.1) is 0 Å². The van der Waals surface area contributed by atoms with E-state index in [1.54, 1.807) is 0 Å². The van der Waals surface area contributed by atoms with Crippen molar-refractivity contribution in [2.24, 2.45) is 0 Å². The summed E-state index contributed by atoms with van der Waals surface area (Å²) in [6, 6.07) is 27.4. The second kappa shape index (κ2) is 6.38. The van der Waals surface area contributed by atoms with Crippen LogP contribution in [0.1, 0.15) is 26.5 Å². The Balaban J connectivity index is 1.83. The van der Waals surface area contributed by atoms with Crippen LogP contribution in [0.5, 0.6) is 0 Å². The number of fused-ring (bicyclic) bond motifs is 1. The van der Waals surface area contributed by atoms with E-state index in [0.717, 1.165) is 22.3 Å². The fourth-order valence-electron chi connectivity index (χ4n) is 3.32. The summed E-state index contributed by atoms with van der Waals surface area (Å²) in [5.41, 5.74) is 5.46. The molecule has 26 heavy (non-hydrogen) atoms. The molecule has 1 heterocycles. The van der Waals surface area contributed by atoms with Crippen molar-refractivity contribution in [2.75, 3.05) is 0 Å². The normalized spacial score (nSPS) is 11.7. The predicted octanol–water partition coefficient (Wildman–Crippen LogP) is 6.26. The molecule has 0 N–H and O–H groups in total. The molecule has 4 rings (SSSR count). The van der Waals surface area contributed by atoms with Crippen molar-refractivity contribution in [1.82, 2.24) is 10.2 Å². The Labute approximate surface area is 154 Å². The third-order valence-electron chi connectivity index (χ3n) is 4.66. The Hall–Kier alpha value is -3.00. The van der Waals surface area contributed by atoms with E-state index >= 15 is 0 Å². The quantitative estimate of drug-likeness (QED) is 0.431. The van der Waals surface area contributed by atoms with Crippen LogP contribution in [0.15, 0.2) is 78.9 Å². The zero-order valence-corrected chi connectivity index (χ0v) is 15.4. The summed E-state index contributed by atoms with van der Waals surface area (Å²) in [6.07, 6.45) is 0. The Morgan fingerprint density at radius 3 is 1.73 bits per heavy atom. The first-order valence-electron chi connectivity index (χ1n) is 8.96. The van der Waals surface area contributed by atoms with Gasteiger partial charge in [0.25, 0.3) is 0 Å². The van der Waals surface area contributed by atoms with E-state index in [4.69, 9.17) is 0 Å². The van der Waals surface area contributed by atoms with Gasteiger partial charge in [0.05, 0.1) is 5.69 Å². The number of benzene rings is 3. The summed E-state index contributed by atoms with van der Waals surface area (Å²) in [4.78, 5) is 0. The number of nitrogens with zero attached hydrogens (tertiary/aromatic N) is 2. The number of rotatable bonds is 2. The molecule has 0 aliphatic heterocycles. The van der Waals surface area contributed by atoms with Gasteiger partial charge in [-0.3, -0.25) is 0 Å². The van der Waals surface area contributed by atoms with Gasteiger partial charge in [-0.15, -0.1) is 5.10 Å². The highest BCUT2D eigenvalue weighted by Gasteiger charge is 2.21. The smallest absolute Gasteiger partial charge is 0.101 e. The average Bonchev–Trinajstić information content (AvgIpc) is 2.67. The Bertz CT molecular complexity index is 1040. The van der Waals surface area contributed by atoms with E-state index in [-0.39, 0.29) is 5.41 Å². The summed E-state index contributed by atoms with van der Waals surface area (Å²) < 4.78 is 0. The predicted molar refractivity (Wildman–Crippen MR) is 109 cm³/mol. The lowest BCUT2D eigenvalue weighted by molar-refractivity contribution is 0.566. The summed E-state index contributed by atoms with van der Waals surface area (Å²) in [6.45, 7) is 6.54. The van der Waals surface area contributed by atoms with Gasteiger partial charge >= 0.3 is 0 Å². The molecule has 0 saturated heterocycles. The van der Waals surface area contributed by atoms with Gasteiger partial charge in [-0.2, -0.15) is 5.10 Å². The van der Waals surface area contributed by atoms with Gasteiger partial charge in [-0.05, 0) is 11.1 Å². The first-order chi connectivity index (χ1) is 12.5. The topological polar surface area (TPSA) is 25.8 Å². The molecule has 1 aromatic heterocycles. The first kappa shape index (κ1) is 16.5. The van der Waals surface area contributed by atoms with Crippen LogP contribution in [0.25, 0.3) is 33.2 Å². The highest BCUT2D eigenvalue weighted by Crippen LogP contribution is 2.33. The molecule has 0 saturated carbocycles. The minimum Gasteiger partial charge on any atom is -0.154 e. The van der Waals surface area contributed by atoms with E-state index in [2.05, 4.69) is 104 Å². The van der Waals surface area contributed by atoms with Crippen molar-refractivity contribution in [3.8, 4) is 22.4 Å². The van der Waals surface area contributed by atoms with Crippen molar-refractivity contribution >= 4 is 10.8 Å². The maximum absolute atomic E-state index is 4.60. The van der Waals surface area contributed by atoms with E-state index in [9.17, 15) is 0 Å². The molecule has 0 bridgehead atoms. The summed E-state index contributed by atoms with van der Waals surface area (Å²) in [5, 5.41) is 11.5. The van der Waals surface area contributed by atoms with Gasteiger partial charge in [-0.25, -0.2) is 0 Å². The Morgan fingerprint density at radius 1 is 0.538 bits per heavy atom. The maximum Gasteiger partial charge on any atom is 0.101 e. The molecule has 4 aromatic rings. The van der Waals surface area contributed by atoms with Crippen molar-refractivity contribution in [2.45, 2.75) is 26.2 Å². The summed E-state index contributed by atoms with van der Waals surface area (Å²) >= 11 is 0. The largest absolute Gasteiger partial charge is 0.154 e. The molecular formula is C24H22N2. The van der Waals surface area contributed by atoms with E-state index in [1.807, 2.05) is 6.07 Å². The van der Waals surface area contributed by atoms with Crippen LogP contribution >= 0.6 is 0 Å². The van der Waals surface area contributed by atoms with Crippen LogP contribution < -0.4 is 0 Å². The number of hydrogen-bond donors (Lipinski definition) is 0. The Morgan fingerprint density at radius 2 is 1.08 bits per heavy atom. The zero-order chi connectivity index (χ0) is 18.1. The van der Waals surface area contributed by atoms with E-state index in [1.165, 1.54) is 16.5 Å². The molecule has 128 valence electrons. The molecule has 0 radical (unpaired) electrons. The van der Waals surface area contributed by atoms with Gasteiger partial charge in [0.2, 0.25) is 0 Å². The second-order valence-corrected chi connectivity index (χ2v) is 7.64. The number of hydrogen-bond acceptors (Lipinski definition) is 2. The average molecular weight is 338 g/mol. The van der Waals surface area contributed by atoms with Gasteiger partial charge in [0.1, 0.15) is 5.69 Å². The van der Waals surface area contributed by atoms with Gasteiger partial charge < -0.3 is 0 Å². The van der Waals surface area contributed by atoms with Crippen molar-refractivity contribution in [3.05, 3.63) is 84.6 Å². The van der Waals surface area contributed by atoms with Crippen LogP contribution in [0.2, 0.25) is 0 Å². The van der Waals surface area contributed by atoms with Crippen molar-refractivity contribution in [1.29, 1.82) is 0 Å². The molecule has 2 heteroatoms. The third-order valence-corrected chi connectivity index (χ3v) is 4.66. The fourth-order valence-corrected chi connectivity index (χ4v) is 3.32. The molecule has 0 aliphatic rings. The molecule has 3 aromatic carbocycles. The Kier molecular flexibility index (Phi) is 4.04. The molecule has 0 amide bonds. The molecule has 2 nitrogen and oxygen atoms in total. The number of aromatic nitrogens is 2. The summed E-state index contributed by atoms with van der Waals surface area (Å²) in [5.74, 6) is 0. The van der Waals surface area contributed by atoms with E-state index in [0.29, 0.717) is 0 Å². The highest BCUT2D eigenvalue weighted by atomic mass is 15.1. The fraction of sp³-hybridized carbons (Fsp3) is 0.167. The highest BCUT2D eigenvalue weighted by molar-refractivity contribution is 5.96. The lowest BCUT2D eigenvalue weighted by atomic mass is 9.88. The standard InChI is InChI=1S/C24H22N2/c1-24(2,3)23-21-12-8-7-11-20(21)22(25-26-23)19-15-13-18(14-16-19)17-9-5-4-6-10-17/h4-16H,1-3H3. The molecular weight excluding hydrogens is 316 g/mol. The minimum absolute atomic E-state index is 0.0394. The van der Waals surface area contributed by atoms with Crippen LogP contribution in [0.3, 0.4) is 0 Å². The lowest BCUT2D eigenvalue weighted by Crippen LogP contribution is -2.15. The molecule has 0 unspecified atom stereocenters. The van der Waals surface area contributed by atoms with Crippen molar-refractivity contribution < 1.29 is 0 Å². The van der Waals surface area contributed by atoms with E-state index < -0.39 is 0 Å². The van der Waals surface area contributed by atoms with Gasteiger partial charge in [0, 0.05) is 21.8 Å². The molecule has 0 aliphatic carbocycles. The molecule has 0 atom stereocenters. The minimum atomic E-state index is -0.0394. The molecule has 0 spiro atoms.